The maximum absolute atomic E-state index is 13.7. The highest BCUT2D eigenvalue weighted by Gasteiger charge is 2.32. The molecule has 2 aromatic rings. The number of nitriles is 1. The van der Waals surface area contributed by atoms with E-state index in [1.54, 1.807) is 19.2 Å². The maximum Gasteiger partial charge on any atom is 0.330 e. The predicted octanol–water partition coefficient (Wildman–Crippen LogP) is 1.33. The third-order valence-corrected chi connectivity index (χ3v) is 6.07. The zero-order chi connectivity index (χ0) is 25.5. The number of carbonyl (C=O) groups is 1. The van der Waals surface area contributed by atoms with Gasteiger partial charge in [-0.1, -0.05) is 13.8 Å². The first-order chi connectivity index (χ1) is 16.8. The van der Waals surface area contributed by atoms with E-state index < -0.39 is 11.2 Å². The Morgan fingerprint density at radius 1 is 1.34 bits per heavy atom. The van der Waals surface area contributed by atoms with Crippen LogP contribution in [-0.2, 0) is 16.1 Å². The molecule has 0 spiro atoms. The molecule has 3 N–H and O–H groups in total. The van der Waals surface area contributed by atoms with Crippen LogP contribution in [0.3, 0.4) is 0 Å². The van der Waals surface area contributed by atoms with Crippen molar-refractivity contribution in [3.05, 3.63) is 44.7 Å². The molecule has 0 aliphatic carbocycles. The topological polar surface area (TPSA) is 150 Å². The molecule has 0 unspecified atom stereocenters. The fourth-order valence-corrected chi connectivity index (χ4v) is 4.30. The van der Waals surface area contributed by atoms with Gasteiger partial charge in [-0.05, 0) is 37.3 Å². The average molecular weight is 484 g/mol. The van der Waals surface area contributed by atoms with Gasteiger partial charge < -0.3 is 20.3 Å². The molecule has 0 radical (unpaired) electrons. The summed E-state index contributed by atoms with van der Waals surface area (Å²) >= 11 is 0. The van der Waals surface area contributed by atoms with Gasteiger partial charge >= 0.3 is 5.69 Å². The third kappa shape index (κ3) is 6.08. The number of piperidine rings is 1. The van der Waals surface area contributed by atoms with Gasteiger partial charge in [0.05, 0.1) is 5.56 Å². The molecule has 0 saturated carbocycles. The Hall–Kier alpha value is -3.65. The minimum absolute atomic E-state index is 0.00237. The van der Waals surface area contributed by atoms with Crippen LogP contribution in [0.2, 0.25) is 0 Å². The summed E-state index contributed by atoms with van der Waals surface area (Å²) < 4.78 is 6.46. The summed E-state index contributed by atoms with van der Waals surface area (Å²) in [5.41, 5.74) is 5.56. The monoisotopic (exact) mass is 483 g/mol. The van der Waals surface area contributed by atoms with Crippen molar-refractivity contribution in [2.75, 3.05) is 48.9 Å². The lowest BCUT2D eigenvalue weighted by molar-refractivity contribution is -0.123. The van der Waals surface area contributed by atoms with Crippen molar-refractivity contribution in [3.8, 4) is 6.07 Å². The van der Waals surface area contributed by atoms with Crippen LogP contribution in [0.15, 0.2) is 27.9 Å². The summed E-state index contributed by atoms with van der Waals surface area (Å²) in [6, 6.07) is 5.58. The molecule has 3 heterocycles. The lowest BCUT2D eigenvalue weighted by atomic mass is 9.95. The number of pyridine rings is 1. The van der Waals surface area contributed by atoms with Crippen LogP contribution in [0.5, 0.6) is 0 Å². The van der Waals surface area contributed by atoms with Crippen molar-refractivity contribution >= 4 is 23.2 Å². The number of nitrogens with two attached hydrogens (primary N) is 1. The average Bonchev–Trinajstić information content (AvgIpc) is 2.85. The highest BCUT2D eigenvalue weighted by molar-refractivity contribution is 5.97. The van der Waals surface area contributed by atoms with Crippen molar-refractivity contribution in [2.45, 2.75) is 39.7 Å². The molecule has 1 aliphatic rings. The number of aromatic nitrogens is 3. The molecular formula is C24H33N7O4. The first kappa shape index (κ1) is 26.0. The van der Waals surface area contributed by atoms with E-state index in [9.17, 15) is 14.4 Å². The standard InChI is InChI=1S/C24H33N7O4/c1-16(2)15-31-21(26)20(22(32)28-24(31)34)30(9-4-12-35-3)23(33)18-7-10-29(11-8-18)19-6-5-17(13-25)14-27-19/h5-6,14,16,18H,4,7-12,15,26H2,1-3H3,(H,28,32,34). The number of anilines is 3. The van der Waals surface area contributed by atoms with Crippen LogP contribution in [0.4, 0.5) is 17.3 Å². The van der Waals surface area contributed by atoms with Gasteiger partial charge in [-0.3, -0.25) is 19.1 Å². The fourth-order valence-electron chi connectivity index (χ4n) is 4.30. The fraction of sp³-hybridized carbons (Fsp3) is 0.542. The molecule has 1 amide bonds. The largest absolute Gasteiger partial charge is 0.385 e. The van der Waals surface area contributed by atoms with Crippen molar-refractivity contribution in [1.29, 1.82) is 5.26 Å². The van der Waals surface area contributed by atoms with Gasteiger partial charge in [-0.15, -0.1) is 0 Å². The Bertz CT molecular complexity index is 1170. The van der Waals surface area contributed by atoms with Crippen LogP contribution in [0, 0.1) is 23.2 Å². The summed E-state index contributed by atoms with van der Waals surface area (Å²) in [5, 5.41) is 8.97. The smallest absolute Gasteiger partial charge is 0.330 e. The molecular weight excluding hydrogens is 450 g/mol. The minimum Gasteiger partial charge on any atom is -0.385 e. The number of ether oxygens (including phenoxy) is 1. The molecule has 1 fully saturated rings. The number of nitrogens with one attached hydrogen (secondary N) is 1. The first-order valence-corrected chi connectivity index (χ1v) is 11.8. The second-order valence-corrected chi connectivity index (χ2v) is 9.11. The Morgan fingerprint density at radius 2 is 2.06 bits per heavy atom. The highest BCUT2D eigenvalue weighted by Crippen LogP contribution is 2.27. The summed E-state index contributed by atoms with van der Waals surface area (Å²) in [4.78, 5) is 49.0. The Balaban J connectivity index is 1.84. The highest BCUT2D eigenvalue weighted by atomic mass is 16.5. The van der Waals surface area contributed by atoms with Crippen LogP contribution in [0.25, 0.3) is 0 Å². The second kappa shape index (κ2) is 11.7. The predicted molar refractivity (Wildman–Crippen MR) is 133 cm³/mol. The van der Waals surface area contributed by atoms with E-state index in [-0.39, 0.29) is 35.8 Å². The normalized spacial score (nSPS) is 14.2. The molecule has 35 heavy (non-hydrogen) atoms. The van der Waals surface area contributed by atoms with Crippen molar-refractivity contribution in [3.63, 3.8) is 0 Å². The number of methoxy groups -OCH3 is 1. The zero-order valence-corrected chi connectivity index (χ0v) is 20.5. The summed E-state index contributed by atoms with van der Waals surface area (Å²) in [6.45, 7) is 6.08. The van der Waals surface area contributed by atoms with Gasteiger partial charge in [-0.2, -0.15) is 5.26 Å². The number of nitrogen functional groups attached to an aromatic ring is 1. The Morgan fingerprint density at radius 3 is 2.63 bits per heavy atom. The van der Waals surface area contributed by atoms with Crippen molar-refractivity contribution < 1.29 is 9.53 Å². The quantitative estimate of drug-likeness (QED) is 0.507. The van der Waals surface area contributed by atoms with Crippen LogP contribution in [0.1, 0.15) is 38.7 Å². The summed E-state index contributed by atoms with van der Waals surface area (Å²) in [5.74, 6) is 0.370. The lowest BCUT2D eigenvalue weighted by Gasteiger charge is -2.35. The second-order valence-electron chi connectivity index (χ2n) is 9.11. The zero-order valence-electron chi connectivity index (χ0n) is 20.5. The SMILES string of the molecule is COCCCN(C(=O)C1CCN(c2ccc(C#N)cn2)CC1)c1c(N)n(CC(C)C)c(=O)[nH]c1=O. The van der Waals surface area contributed by atoms with Gasteiger partial charge in [-0.25, -0.2) is 9.78 Å². The van der Waals surface area contributed by atoms with E-state index in [4.69, 9.17) is 15.7 Å². The van der Waals surface area contributed by atoms with Crippen LogP contribution < -0.4 is 26.8 Å². The van der Waals surface area contributed by atoms with E-state index >= 15 is 0 Å². The number of carbonyl (C=O) groups excluding carboxylic acids is 1. The number of amides is 1. The molecule has 0 aromatic carbocycles. The van der Waals surface area contributed by atoms with Gasteiger partial charge in [0.25, 0.3) is 5.56 Å². The number of hydrogen-bond donors (Lipinski definition) is 2. The number of aromatic amines is 1. The number of rotatable bonds is 9. The summed E-state index contributed by atoms with van der Waals surface area (Å²) in [6.07, 6.45) is 3.19. The van der Waals surface area contributed by atoms with Gasteiger partial charge in [0.15, 0.2) is 5.69 Å². The van der Waals surface area contributed by atoms with Crippen LogP contribution in [-0.4, -0.2) is 53.8 Å². The van der Waals surface area contributed by atoms with E-state index in [1.807, 2.05) is 13.8 Å². The van der Waals surface area contributed by atoms with Crippen molar-refractivity contribution in [2.24, 2.45) is 11.8 Å². The van der Waals surface area contributed by atoms with E-state index in [2.05, 4.69) is 20.9 Å². The number of H-pyrrole nitrogens is 1. The van der Waals surface area contributed by atoms with E-state index in [1.165, 1.54) is 15.7 Å². The maximum atomic E-state index is 13.7. The third-order valence-electron chi connectivity index (χ3n) is 6.07. The minimum atomic E-state index is -0.669. The molecule has 1 saturated heterocycles. The molecule has 0 atom stereocenters. The van der Waals surface area contributed by atoms with E-state index in [0.29, 0.717) is 51.1 Å². The molecule has 0 bridgehead atoms. The van der Waals surface area contributed by atoms with Gasteiger partial charge in [0, 0.05) is 52.0 Å². The van der Waals surface area contributed by atoms with E-state index in [0.717, 1.165) is 5.82 Å². The van der Waals surface area contributed by atoms with Gasteiger partial charge in [0.2, 0.25) is 5.91 Å². The Kier molecular flexibility index (Phi) is 8.65. The molecule has 11 heteroatoms. The van der Waals surface area contributed by atoms with Gasteiger partial charge in [0.1, 0.15) is 17.7 Å². The lowest BCUT2D eigenvalue weighted by Crippen LogP contribution is -2.47. The van der Waals surface area contributed by atoms with Crippen LogP contribution >= 0.6 is 0 Å². The summed E-state index contributed by atoms with van der Waals surface area (Å²) in [7, 11) is 1.57. The molecule has 188 valence electrons. The molecule has 3 rings (SSSR count). The first-order valence-electron chi connectivity index (χ1n) is 11.8. The molecule has 1 aliphatic heterocycles. The molecule has 2 aromatic heterocycles. The molecule has 11 nitrogen and oxygen atoms in total. The number of hydrogen-bond acceptors (Lipinski definition) is 8. The number of nitrogens with zero attached hydrogens (tertiary/aromatic N) is 5. The van der Waals surface area contributed by atoms with Crippen molar-refractivity contribution in [1.82, 2.24) is 14.5 Å². The Labute approximate surface area is 204 Å².